The summed E-state index contributed by atoms with van der Waals surface area (Å²) in [7, 11) is 0. The van der Waals surface area contributed by atoms with Crippen LogP contribution in [-0.4, -0.2) is 19.5 Å². The number of aromatic nitrogens is 4. The van der Waals surface area contributed by atoms with E-state index in [9.17, 15) is 18.0 Å². The topological polar surface area (TPSA) is 98.7 Å². The molecule has 7 nitrogen and oxygen atoms in total. The maximum atomic E-state index is 13.3. The molecule has 5 aromatic rings. The number of nitrogens with zero attached hydrogens (tertiary/aromatic N) is 4. The Morgan fingerprint density at radius 3 is 2.61 bits per heavy atom. The zero-order valence-electron chi connectivity index (χ0n) is 16.8. The summed E-state index contributed by atoms with van der Waals surface area (Å²) < 4.78 is 41.2. The molecule has 3 N–H and O–H groups in total. The van der Waals surface area contributed by atoms with Gasteiger partial charge in [0, 0.05) is 34.4 Å². The molecule has 3 heterocycles. The zero-order valence-corrected chi connectivity index (χ0v) is 16.8. The highest BCUT2D eigenvalue weighted by Gasteiger charge is 2.30. The van der Waals surface area contributed by atoms with Gasteiger partial charge in [0.15, 0.2) is 5.82 Å². The molecule has 0 unspecified atom stereocenters. The average Bonchev–Trinajstić information content (AvgIpc) is 2.78. The van der Waals surface area contributed by atoms with Crippen molar-refractivity contribution < 1.29 is 13.2 Å². The highest BCUT2D eigenvalue weighted by molar-refractivity contribution is 6.05. The van der Waals surface area contributed by atoms with Crippen LogP contribution < -0.4 is 16.6 Å². The van der Waals surface area contributed by atoms with E-state index in [4.69, 9.17) is 5.73 Å². The number of pyridine rings is 2. The van der Waals surface area contributed by atoms with Crippen LogP contribution in [0.5, 0.6) is 0 Å². The first-order valence-electron chi connectivity index (χ1n) is 9.76. The number of nitrogens with one attached hydrogen (secondary N) is 1. The van der Waals surface area contributed by atoms with E-state index in [2.05, 4.69) is 20.3 Å². The fourth-order valence-corrected chi connectivity index (χ4v) is 3.66. The van der Waals surface area contributed by atoms with Gasteiger partial charge in [-0.15, -0.1) is 0 Å². The second kappa shape index (κ2) is 7.59. The third kappa shape index (κ3) is 3.82. The van der Waals surface area contributed by atoms with Gasteiger partial charge in [-0.1, -0.05) is 6.07 Å². The number of rotatable bonds is 3. The third-order valence-electron chi connectivity index (χ3n) is 5.07. The van der Waals surface area contributed by atoms with Crippen molar-refractivity contribution in [3.63, 3.8) is 0 Å². The van der Waals surface area contributed by atoms with Crippen LogP contribution in [-0.2, 0) is 6.18 Å². The molecule has 0 spiro atoms. The molecule has 164 valence electrons. The summed E-state index contributed by atoms with van der Waals surface area (Å²) in [5.41, 5.74) is 6.10. The second-order valence-electron chi connectivity index (χ2n) is 7.30. The largest absolute Gasteiger partial charge is 0.416 e. The highest BCUT2D eigenvalue weighted by atomic mass is 19.4. The van der Waals surface area contributed by atoms with E-state index >= 15 is 0 Å². The molecule has 0 radical (unpaired) electrons. The lowest BCUT2D eigenvalue weighted by molar-refractivity contribution is -0.137. The molecule has 5 rings (SSSR count). The van der Waals surface area contributed by atoms with Gasteiger partial charge >= 0.3 is 6.18 Å². The Hall–Kier alpha value is -4.47. The Balaban J connectivity index is 1.75. The number of fused-ring (bicyclic) bond motifs is 3. The Morgan fingerprint density at radius 2 is 1.82 bits per heavy atom. The number of anilines is 3. The molecule has 0 bridgehead atoms. The van der Waals surface area contributed by atoms with Crippen molar-refractivity contribution in [2.45, 2.75) is 6.18 Å². The van der Waals surface area contributed by atoms with Gasteiger partial charge < -0.3 is 11.1 Å². The molecule has 0 atom stereocenters. The fourth-order valence-electron chi connectivity index (χ4n) is 3.66. The first-order chi connectivity index (χ1) is 15.8. The summed E-state index contributed by atoms with van der Waals surface area (Å²) in [6.45, 7) is 0. The Labute approximate surface area is 184 Å². The number of alkyl halides is 3. The number of halogens is 3. The van der Waals surface area contributed by atoms with Gasteiger partial charge in [-0.2, -0.15) is 13.2 Å². The summed E-state index contributed by atoms with van der Waals surface area (Å²) in [4.78, 5) is 25.4. The molecular weight excluding hydrogens is 433 g/mol. The van der Waals surface area contributed by atoms with E-state index in [1.54, 1.807) is 30.5 Å². The van der Waals surface area contributed by atoms with E-state index in [1.165, 1.54) is 35.2 Å². The second-order valence-corrected chi connectivity index (χ2v) is 7.30. The van der Waals surface area contributed by atoms with Crippen molar-refractivity contribution in [1.82, 2.24) is 19.5 Å². The summed E-state index contributed by atoms with van der Waals surface area (Å²) in [5, 5.41) is 4.26. The molecular formula is C23H15F3N6O. The molecule has 0 aliphatic heterocycles. The van der Waals surface area contributed by atoms with E-state index in [-0.39, 0.29) is 11.5 Å². The van der Waals surface area contributed by atoms with Crippen LogP contribution in [0.2, 0.25) is 0 Å². The highest BCUT2D eigenvalue weighted by Crippen LogP contribution is 2.32. The predicted molar refractivity (Wildman–Crippen MR) is 120 cm³/mol. The van der Waals surface area contributed by atoms with Crippen LogP contribution in [0.3, 0.4) is 0 Å². The van der Waals surface area contributed by atoms with Crippen LogP contribution in [0.25, 0.3) is 27.5 Å². The van der Waals surface area contributed by atoms with Crippen molar-refractivity contribution in [1.29, 1.82) is 0 Å². The first-order valence-corrected chi connectivity index (χ1v) is 9.76. The Bertz CT molecular complexity index is 1580. The minimum absolute atomic E-state index is 0.105. The van der Waals surface area contributed by atoms with E-state index < -0.39 is 17.3 Å². The van der Waals surface area contributed by atoms with Gasteiger partial charge in [0.05, 0.1) is 29.0 Å². The standard InChI is InChI=1S/C23H15F3N6O/c24-23(25,26)14-2-1-3-16(8-14)32-21(33)7-4-13-10-29-18-6-5-15(9-17(18)22(13)32)30-20-12-28-11-19(27)31-20/h1-12H,(H3,27,30,31). The van der Waals surface area contributed by atoms with Crippen molar-refractivity contribution in [2.24, 2.45) is 0 Å². The van der Waals surface area contributed by atoms with Gasteiger partial charge in [0.25, 0.3) is 5.56 Å². The van der Waals surface area contributed by atoms with Crippen molar-refractivity contribution in [3.8, 4) is 5.69 Å². The number of nitrogen functional groups attached to an aromatic ring is 1. The number of hydrogen-bond donors (Lipinski definition) is 2. The van der Waals surface area contributed by atoms with Gasteiger partial charge in [0.2, 0.25) is 0 Å². The smallest absolute Gasteiger partial charge is 0.382 e. The first kappa shape index (κ1) is 20.4. The fraction of sp³-hybridized carbons (Fsp3) is 0.0435. The summed E-state index contributed by atoms with van der Waals surface area (Å²) in [6, 6.07) is 12.8. The molecule has 10 heteroatoms. The van der Waals surface area contributed by atoms with Crippen molar-refractivity contribution in [2.75, 3.05) is 11.1 Å². The quantitative estimate of drug-likeness (QED) is 0.389. The molecule has 0 saturated carbocycles. The molecule has 3 aromatic heterocycles. The van der Waals surface area contributed by atoms with E-state index in [0.29, 0.717) is 33.3 Å². The predicted octanol–water partition coefficient (Wildman–Crippen LogP) is 4.67. The number of benzene rings is 2. The van der Waals surface area contributed by atoms with Crippen molar-refractivity contribution in [3.05, 3.63) is 89.1 Å². The average molecular weight is 448 g/mol. The van der Waals surface area contributed by atoms with Gasteiger partial charge in [-0.05, 0) is 42.5 Å². The molecule has 2 aromatic carbocycles. The number of hydrogen-bond acceptors (Lipinski definition) is 6. The van der Waals surface area contributed by atoms with Crippen LogP contribution in [0.4, 0.5) is 30.5 Å². The van der Waals surface area contributed by atoms with E-state index in [0.717, 1.165) is 12.1 Å². The summed E-state index contributed by atoms with van der Waals surface area (Å²) in [5.74, 6) is 0.657. The van der Waals surface area contributed by atoms with Crippen LogP contribution >= 0.6 is 0 Å². The van der Waals surface area contributed by atoms with Gasteiger partial charge in [-0.3, -0.25) is 19.3 Å². The molecule has 0 fully saturated rings. The minimum atomic E-state index is -4.54. The molecule has 0 amide bonds. The lowest BCUT2D eigenvalue weighted by atomic mass is 10.1. The maximum Gasteiger partial charge on any atom is 0.416 e. The van der Waals surface area contributed by atoms with Crippen LogP contribution in [0.1, 0.15) is 5.56 Å². The Morgan fingerprint density at radius 1 is 0.970 bits per heavy atom. The summed E-state index contributed by atoms with van der Waals surface area (Å²) in [6.07, 6.45) is -0.0433. The normalized spacial score (nSPS) is 11.7. The minimum Gasteiger partial charge on any atom is -0.382 e. The van der Waals surface area contributed by atoms with Gasteiger partial charge in [-0.25, -0.2) is 4.98 Å². The zero-order chi connectivity index (χ0) is 23.2. The van der Waals surface area contributed by atoms with Crippen LogP contribution in [0.15, 0.2) is 78.0 Å². The molecule has 0 saturated heterocycles. The van der Waals surface area contributed by atoms with Crippen molar-refractivity contribution >= 4 is 39.1 Å². The maximum absolute atomic E-state index is 13.3. The Kier molecular flexibility index (Phi) is 4.70. The molecule has 0 aliphatic carbocycles. The third-order valence-corrected chi connectivity index (χ3v) is 5.07. The van der Waals surface area contributed by atoms with E-state index in [1.807, 2.05) is 0 Å². The number of nitrogens with two attached hydrogens (primary N) is 1. The lowest BCUT2D eigenvalue weighted by Gasteiger charge is -2.15. The molecule has 33 heavy (non-hydrogen) atoms. The SMILES string of the molecule is Nc1cncc(Nc2ccc3ncc4ccc(=O)n(-c5cccc(C(F)(F)F)c5)c4c3c2)n1. The lowest BCUT2D eigenvalue weighted by Crippen LogP contribution is -2.18. The van der Waals surface area contributed by atoms with Crippen LogP contribution in [0, 0.1) is 0 Å². The molecule has 0 aliphatic rings. The monoisotopic (exact) mass is 448 g/mol. The summed E-state index contributed by atoms with van der Waals surface area (Å²) >= 11 is 0. The van der Waals surface area contributed by atoms with Gasteiger partial charge in [0.1, 0.15) is 5.82 Å².